The molecule has 0 bridgehead atoms. The molecule has 2 fully saturated rings. The van der Waals surface area contributed by atoms with Crippen LogP contribution in [0.25, 0.3) is 0 Å². The fourth-order valence-electron chi connectivity index (χ4n) is 3.57. The Balaban J connectivity index is 1.88. The Bertz CT molecular complexity index is 753. The number of aliphatic carboxylic acids is 1. The number of furan rings is 1. The molecule has 1 aromatic heterocycles. The zero-order chi connectivity index (χ0) is 16.8. The Kier molecular flexibility index (Phi) is 3.72. The number of carbonyl (C=O) groups excluding carboxylic acids is 1. The van der Waals surface area contributed by atoms with Crippen LogP contribution in [0.1, 0.15) is 29.8 Å². The van der Waals surface area contributed by atoms with Gasteiger partial charge in [0.15, 0.2) is 0 Å². The van der Waals surface area contributed by atoms with Crippen molar-refractivity contribution in [3.8, 4) is 0 Å². The molecule has 3 rings (SSSR count). The van der Waals surface area contributed by atoms with Crippen LogP contribution in [0.5, 0.6) is 0 Å². The van der Waals surface area contributed by atoms with Crippen molar-refractivity contribution in [3.63, 3.8) is 0 Å². The van der Waals surface area contributed by atoms with E-state index in [4.69, 9.17) is 4.42 Å². The smallest absolute Gasteiger partial charge is 0.374 e. The lowest BCUT2D eigenvalue weighted by atomic mass is 9.81. The van der Waals surface area contributed by atoms with Crippen LogP contribution in [0.15, 0.2) is 21.6 Å². The number of fused-ring (bicyclic) bond motifs is 1. The average Bonchev–Trinajstić information content (AvgIpc) is 3.19. The lowest BCUT2D eigenvalue weighted by Crippen LogP contribution is -2.37. The van der Waals surface area contributed by atoms with Gasteiger partial charge < -0.3 is 14.3 Å². The third-order valence-electron chi connectivity index (χ3n) is 4.83. The minimum absolute atomic E-state index is 0.0659. The summed E-state index contributed by atoms with van der Waals surface area (Å²) in [5, 5.41) is 9.15. The highest BCUT2D eigenvalue weighted by molar-refractivity contribution is 7.89. The normalized spacial score (nSPS) is 27.8. The highest BCUT2D eigenvalue weighted by Crippen LogP contribution is 2.50. The van der Waals surface area contributed by atoms with Gasteiger partial charge in [0, 0.05) is 13.1 Å². The first kappa shape index (κ1) is 16.0. The van der Waals surface area contributed by atoms with Crippen molar-refractivity contribution in [1.29, 1.82) is 0 Å². The Labute approximate surface area is 133 Å². The lowest BCUT2D eigenvalue weighted by Gasteiger charge is -2.22. The van der Waals surface area contributed by atoms with Crippen LogP contribution in [0.4, 0.5) is 0 Å². The van der Waals surface area contributed by atoms with Gasteiger partial charge in [0.2, 0.25) is 10.9 Å². The molecule has 1 saturated heterocycles. The van der Waals surface area contributed by atoms with E-state index in [-0.39, 0.29) is 29.9 Å². The first-order valence-corrected chi connectivity index (χ1v) is 8.67. The second-order valence-corrected chi connectivity index (χ2v) is 7.83. The third-order valence-corrected chi connectivity index (χ3v) is 6.51. The predicted octanol–water partition coefficient (Wildman–Crippen LogP) is 0.942. The summed E-state index contributed by atoms with van der Waals surface area (Å²) in [6.07, 6.45) is 1.96. The van der Waals surface area contributed by atoms with Crippen LogP contribution >= 0.6 is 0 Å². The Morgan fingerprint density at radius 1 is 1.43 bits per heavy atom. The first-order valence-electron chi connectivity index (χ1n) is 7.23. The fourth-order valence-corrected chi connectivity index (χ4v) is 5.04. The molecule has 1 aliphatic carbocycles. The molecule has 0 spiro atoms. The molecule has 0 radical (unpaired) electrons. The number of carboxylic acid groups (broad SMARTS) is 1. The van der Waals surface area contributed by atoms with Crippen molar-refractivity contribution >= 4 is 22.0 Å². The van der Waals surface area contributed by atoms with Gasteiger partial charge in [-0.15, -0.1) is 0 Å². The number of nitrogens with zero attached hydrogens (tertiary/aromatic N) is 1. The van der Waals surface area contributed by atoms with Crippen molar-refractivity contribution in [2.45, 2.75) is 24.4 Å². The number of methoxy groups -OCH3 is 1. The van der Waals surface area contributed by atoms with Crippen molar-refractivity contribution in [3.05, 3.63) is 17.9 Å². The quantitative estimate of drug-likeness (QED) is 0.809. The van der Waals surface area contributed by atoms with Crippen molar-refractivity contribution < 1.29 is 32.3 Å². The second kappa shape index (κ2) is 5.34. The maximum absolute atomic E-state index is 12.6. The monoisotopic (exact) mass is 343 g/mol. The summed E-state index contributed by atoms with van der Waals surface area (Å²) in [5.41, 5.74) is -1.01. The van der Waals surface area contributed by atoms with Crippen LogP contribution in [-0.4, -0.2) is 50.0 Å². The van der Waals surface area contributed by atoms with Crippen molar-refractivity contribution in [1.82, 2.24) is 4.31 Å². The van der Waals surface area contributed by atoms with Gasteiger partial charge in [0.1, 0.15) is 0 Å². The van der Waals surface area contributed by atoms with Crippen LogP contribution < -0.4 is 0 Å². The van der Waals surface area contributed by atoms with Crippen LogP contribution in [-0.2, 0) is 19.6 Å². The third kappa shape index (κ3) is 2.34. The number of carbonyl (C=O) groups is 2. The minimum atomic E-state index is -3.98. The van der Waals surface area contributed by atoms with Crippen LogP contribution in [0, 0.1) is 11.3 Å². The number of esters is 1. The number of rotatable bonds is 4. The zero-order valence-corrected chi connectivity index (χ0v) is 13.3. The van der Waals surface area contributed by atoms with Crippen LogP contribution in [0.2, 0.25) is 0 Å². The van der Waals surface area contributed by atoms with Gasteiger partial charge in [-0.2, -0.15) is 4.31 Å². The van der Waals surface area contributed by atoms with Crippen molar-refractivity contribution in [2.75, 3.05) is 20.2 Å². The largest absolute Gasteiger partial charge is 0.481 e. The topological polar surface area (TPSA) is 114 Å². The molecule has 23 heavy (non-hydrogen) atoms. The SMILES string of the molecule is COC(=O)c1ccc(S(=O)(=O)N2C[C@@H]3CCC[C@@]3(C(=O)O)C2)o1. The summed E-state index contributed by atoms with van der Waals surface area (Å²) in [4.78, 5) is 23.0. The molecule has 1 aliphatic heterocycles. The highest BCUT2D eigenvalue weighted by Gasteiger charge is 2.57. The van der Waals surface area contributed by atoms with Crippen LogP contribution in [0.3, 0.4) is 0 Å². The van der Waals surface area contributed by atoms with E-state index in [9.17, 15) is 23.1 Å². The molecule has 1 saturated carbocycles. The molecule has 2 atom stereocenters. The van der Waals surface area contributed by atoms with Crippen molar-refractivity contribution in [2.24, 2.45) is 11.3 Å². The van der Waals surface area contributed by atoms with E-state index in [1.54, 1.807) is 0 Å². The molecular weight excluding hydrogens is 326 g/mol. The second-order valence-electron chi connectivity index (χ2n) is 5.96. The maximum Gasteiger partial charge on any atom is 0.374 e. The van der Waals surface area contributed by atoms with Gasteiger partial charge in [-0.1, -0.05) is 6.42 Å². The summed E-state index contributed by atoms with van der Waals surface area (Å²) in [5.74, 6) is -2.12. The van der Waals surface area contributed by atoms with E-state index in [2.05, 4.69) is 4.74 Å². The molecule has 9 heteroatoms. The number of hydrogen-bond donors (Lipinski definition) is 1. The number of hydrogen-bond acceptors (Lipinski definition) is 6. The molecule has 0 aromatic carbocycles. The fraction of sp³-hybridized carbons (Fsp3) is 0.571. The molecule has 126 valence electrons. The van der Waals surface area contributed by atoms with Gasteiger partial charge >= 0.3 is 11.9 Å². The molecule has 1 aromatic rings. The number of carboxylic acids is 1. The van der Waals surface area contributed by atoms with E-state index < -0.39 is 27.4 Å². The Morgan fingerprint density at radius 2 is 2.17 bits per heavy atom. The standard InChI is InChI=1S/C14H17NO7S/c1-21-12(16)10-4-5-11(22-10)23(19,20)15-7-9-3-2-6-14(9,8-15)13(17)18/h4-5,9H,2-3,6-8H2,1H3,(H,17,18)/t9-,14+/m0/s1. The summed E-state index contributed by atoms with van der Waals surface area (Å²) >= 11 is 0. The molecular formula is C14H17NO7S. The van der Waals surface area contributed by atoms with Gasteiger partial charge in [-0.05, 0) is 30.9 Å². The molecule has 8 nitrogen and oxygen atoms in total. The van der Waals surface area contributed by atoms with Gasteiger partial charge in [-0.3, -0.25) is 4.79 Å². The Morgan fingerprint density at radius 3 is 2.78 bits per heavy atom. The first-order chi connectivity index (χ1) is 10.8. The molecule has 2 aliphatic rings. The zero-order valence-electron chi connectivity index (χ0n) is 12.5. The molecule has 0 unspecified atom stereocenters. The molecule has 0 amide bonds. The summed E-state index contributed by atoms with van der Waals surface area (Å²) in [7, 11) is -2.81. The van der Waals surface area contributed by atoms with E-state index in [1.165, 1.54) is 12.1 Å². The van der Waals surface area contributed by atoms with Gasteiger partial charge in [0.05, 0.1) is 12.5 Å². The van der Waals surface area contributed by atoms with E-state index in [1.807, 2.05) is 0 Å². The van der Waals surface area contributed by atoms with E-state index >= 15 is 0 Å². The summed E-state index contributed by atoms with van der Waals surface area (Å²) in [6, 6.07) is 2.41. The highest BCUT2D eigenvalue weighted by atomic mass is 32.2. The number of ether oxygens (including phenoxy) is 1. The maximum atomic E-state index is 12.6. The lowest BCUT2D eigenvalue weighted by molar-refractivity contribution is -0.149. The predicted molar refractivity (Wildman–Crippen MR) is 76.2 cm³/mol. The van der Waals surface area contributed by atoms with Gasteiger partial charge in [0.25, 0.3) is 10.0 Å². The van der Waals surface area contributed by atoms with Gasteiger partial charge in [-0.25, -0.2) is 13.2 Å². The molecule has 2 heterocycles. The summed E-state index contributed by atoms with van der Waals surface area (Å²) < 4.78 is 36.0. The number of sulfonamides is 1. The van der Waals surface area contributed by atoms with E-state index in [0.717, 1.165) is 17.8 Å². The minimum Gasteiger partial charge on any atom is -0.481 e. The van der Waals surface area contributed by atoms with E-state index in [0.29, 0.717) is 12.8 Å². The average molecular weight is 343 g/mol. The summed E-state index contributed by atoms with van der Waals surface area (Å²) in [6.45, 7) is 0.0898. The Hall–Kier alpha value is -1.87. The molecule has 1 N–H and O–H groups in total.